The molecule has 0 saturated heterocycles. The second-order valence-corrected chi connectivity index (χ2v) is 6.95. The first kappa shape index (κ1) is 18.3. The predicted molar refractivity (Wildman–Crippen MR) is 89.8 cm³/mol. The lowest BCUT2D eigenvalue weighted by atomic mass is 10.2. The standard InChI is InChI=1S/C16H16ClNO5S/c1-11-2-4-12(5-3-11)22-8-9-23-16(19)14-10-13(24(18,20)21)6-7-15(14)17/h2-7,10H,8-9H2,1H3,(H2,18,20,21). The number of hydrogen-bond acceptors (Lipinski definition) is 5. The molecule has 0 bridgehead atoms. The van der Waals surface area contributed by atoms with Gasteiger partial charge in [-0.25, -0.2) is 18.4 Å². The molecule has 0 aromatic heterocycles. The largest absolute Gasteiger partial charge is 0.490 e. The highest BCUT2D eigenvalue weighted by molar-refractivity contribution is 7.89. The highest BCUT2D eigenvalue weighted by Crippen LogP contribution is 2.20. The fourth-order valence-corrected chi connectivity index (χ4v) is 2.58. The van der Waals surface area contributed by atoms with Gasteiger partial charge in [-0.05, 0) is 37.3 Å². The lowest BCUT2D eigenvalue weighted by molar-refractivity contribution is 0.0450. The first-order chi connectivity index (χ1) is 11.3. The number of esters is 1. The molecule has 2 aromatic rings. The van der Waals surface area contributed by atoms with Crippen molar-refractivity contribution in [2.24, 2.45) is 5.14 Å². The average Bonchev–Trinajstić information content (AvgIpc) is 2.52. The van der Waals surface area contributed by atoms with Gasteiger partial charge in [-0.3, -0.25) is 0 Å². The van der Waals surface area contributed by atoms with Gasteiger partial charge in [-0.15, -0.1) is 0 Å². The van der Waals surface area contributed by atoms with E-state index in [1.165, 1.54) is 12.1 Å². The zero-order chi connectivity index (χ0) is 17.7. The number of rotatable bonds is 6. The van der Waals surface area contributed by atoms with Crippen molar-refractivity contribution in [2.75, 3.05) is 13.2 Å². The summed E-state index contributed by atoms with van der Waals surface area (Å²) < 4.78 is 33.1. The summed E-state index contributed by atoms with van der Waals surface area (Å²) in [6, 6.07) is 11.0. The van der Waals surface area contributed by atoms with Crippen LogP contribution in [0.5, 0.6) is 5.75 Å². The molecule has 128 valence electrons. The van der Waals surface area contributed by atoms with Gasteiger partial charge in [-0.2, -0.15) is 0 Å². The fraction of sp³-hybridized carbons (Fsp3) is 0.188. The maximum atomic E-state index is 12.0. The topological polar surface area (TPSA) is 95.7 Å². The van der Waals surface area contributed by atoms with E-state index in [1.807, 2.05) is 31.2 Å². The number of nitrogens with two attached hydrogens (primary N) is 1. The van der Waals surface area contributed by atoms with Crippen molar-refractivity contribution in [2.45, 2.75) is 11.8 Å². The van der Waals surface area contributed by atoms with E-state index < -0.39 is 16.0 Å². The maximum Gasteiger partial charge on any atom is 0.339 e. The number of primary sulfonamides is 1. The van der Waals surface area contributed by atoms with Crippen LogP contribution in [0, 0.1) is 6.92 Å². The van der Waals surface area contributed by atoms with E-state index in [-0.39, 0.29) is 28.7 Å². The highest BCUT2D eigenvalue weighted by atomic mass is 35.5. The number of halogens is 1. The van der Waals surface area contributed by atoms with Crippen molar-refractivity contribution < 1.29 is 22.7 Å². The van der Waals surface area contributed by atoms with E-state index in [0.717, 1.165) is 11.6 Å². The number of carbonyl (C=O) groups is 1. The zero-order valence-corrected chi connectivity index (χ0v) is 14.4. The number of ether oxygens (including phenoxy) is 2. The SMILES string of the molecule is Cc1ccc(OCCOC(=O)c2cc(S(N)(=O)=O)ccc2Cl)cc1. The smallest absolute Gasteiger partial charge is 0.339 e. The van der Waals surface area contributed by atoms with E-state index in [1.54, 1.807) is 0 Å². The van der Waals surface area contributed by atoms with E-state index in [4.69, 9.17) is 26.2 Å². The summed E-state index contributed by atoms with van der Waals surface area (Å²) in [5.74, 6) is -0.0936. The molecule has 0 aliphatic carbocycles. The van der Waals surface area contributed by atoms with Crippen molar-refractivity contribution in [1.29, 1.82) is 0 Å². The van der Waals surface area contributed by atoms with Crippen LogP contribution in [0.1, 0.15) is 15.9 Å². The molecule has 0 aliphatic heterocycles. The Bertz CT molecular complexity index is 834. The lowest BCUT2D eigenvalue weighted by Crippen LogP contribution is -2.15. The van der Waals surface area contributed by atoms with Crippen LogP contribution >= 0.6 is 11.6 Å². The van der Waals surface area contributed by atoms with Gasteiger partial charge in [0.15, 0.2) is 0 Å². The minimum atomic E-state index is -3.93. The van der Waals surface area contributed by atoms with Gasteiger partial charge in [0, 0.05) is 0 Å². The third kappa shape index (κ3) is 4.95. The van der Waals surface area contributed by atoms with Crippen molar-refractivity contribution in [3.8, 4) is 5.75 Å². The Labute approximate surface area is 145 Å². The second kappa shape index (κ2) is 7.65. The molecule has 8 heteroatoms. The number of benzene rings is 2. The van der Waals surface area contributed by atoms with Crippen LogP contribution in [-0.2, 0) is 14.8 Å². The quantitative estimate of drug-likeness (QED) is 0.623. The normalized spacial score (nSPS) is 11.1. The first-order valence-corrected chi connectivity index (χ1v) is 8.89. The van der Waals surface area contributed by atoms with Crippen molar-refractivity contribution in [1.82, 2.24) is 0 Å². The molecule has 24 heavy (non-hydrogen) atoms. The van der Waals surface area contributed by atoms with Gasteiger partial charge >= 0.3 is 5.97 Å². The third-order valence-electron chi connectivity index (χ3n) is 3.09. The molecule has 0 spiro atoms. The molecule has 2 N–H and O–H groups in total. The zero-order valence-electron chi connectivity index (χ0n) is 12.9. The van der Waals surface area contributed by atoms with Crippen LogP contribution in [0.2, 0.25) is 5.02 Å². The van der Waals surface area contributed by atoms with Gasteiger partial charge in [0.25, 0.3) is 0 Å². The van der Waals surface area contributed by atoms with Gasteiger partial charge in [0.2, 0.25) is 10.0 Å². The molecule has 6 nitrogen and oxygen atoms in total. The Morgan fingerprint density at radius 2 is 1.79 bits per heavy atom. The molecule has 0 atom stereocenters. The van der Waals surface area contributed by atoms with E-state index >= 15 is 0 Å². The predicted octanol–water partition coefficient (Wildman–Crippen LogP) is 2.53. The Kier molecular flexibility index (Phi) is 5.82. The molecule has 0 fully saturated rings. The summed E-state index contributed by atoms with van der Waals surface area (Å²) in [6.45, 7) is 2.11. The fourth-order valence-electron chi connectivity index (χ4n) is 1.84. The number of carbonyl (C=O) groups excluding carboxylic acids is 1. The Morgan fingerprint density at radius 1 is 1.12 bits per heavy atom. The van der Waals surface area contributed by atoms with E-state index in [0.29, 0.717) is 5.75 Å². The van der Waals surface area contributed by atoms with Crippen molar-refractivity contribution in [3.63, 3.8) is 0 Å². The highest BCUT2D eigenvalue weighted by Gasteiger charge is 2.16. The molecule has 0 unspecified atom stereocenters. The van der Waals surface area contributed by atoms with Crippen LogP contribution in [0.4, 0.5) is 0 Å². The second-order valence-electron chi connectivity index (χ2n) is 4.98. The molecule has 0 amide bonds. The maximum absolute atomic E-state index is 12.0. The van der Waals surface area contributed by atoms with Gasteiger partial charge in [-0.1, -0.05) is 29.3 Å². The summed E-state index contributed by atoms with van der Waals surface area (Å²) in [6.07, 6.45) is 0. The summed E-state index contributed by atoms with van der Waals surface area (Å²) in [7, 11) is -3.93. The molecule has 0 saturated carbocycles. The summed E-state index contributed by atoms with van der Waals surface area (Å²) in [5.41, 5.74) is 1.04. The minimum absolute atomic E-state index is 0.0113. The molecule has 2 aromatic carbocycles. The summed E-state index contributed by atoms with van der Waals surface area (Å²) >= 11 is 5.90. The molecular formula is C16H16ClNO5S. The molecule has 0 aliphatic rings. The van der Waals surface area contributed by atoms with Crippen LogP contribution in [0.3, 0.4) is 0 Å². The number of hydrogen-bond donors (Lipinski definition) is 1. The van der Waals surface area contributed by atoms with Crippen LogP contribution in [0.25, 0.3) is 0 Å². The van der Waals surface area contributed by atoms with Gasteiger partial charge in [0.1, 0.15) is 19.0 Å². The average molecular weight is 370 g/mol. The molecular weight excluding hydrogens is 354 g/mol. The monoisotopic (exact) mass is 369 g/mol. The first-order valence-electron chi connectivity index (χ1n) is 6.96. The molecule has 2 rings (SSSR count). The minimum Gasteiger partial charge on any atom is -0.490 e. The Morgan fingerprint density at radius 3 is 2.42 bits per heavy atom. The number of sulfonamides is 1. The third-order valence-corrected chi connectivity index (χ3v) is 4.33. The Balaban J connectivity index is 1.94. The van der Waals surface area contributed by atoms with E-state index in [2.05, 4.69) is 0 Å². The molecule has 0 radical (unpaired) electrons. The van der Waals surface area contributed by atoms with E-state index in [9.17, 15) is 13.2 Å². The summed E-state index contributed by atoms with van der Waals surface area (Å²) in [4.78, 5) is 11.8. The number of aryl methyl sites for hydroxylation is 1. The Hall–Kier alpha value is -2.09. The summed E-state index contributed by atoms with van der Waals surface area (Å²) in [5, 5.41) is 5.11. The van der Waals surface area contributed by atoms with Crippen LogP contribution < -0.4 is 9.88 Å². The molecule has 0 heterocycles. The van der Waals surface area contributed by atoms with Gasteiger partial charge < -0.3 is 9.47 Å². The lowest BCUT2D eigenvalue weighted by Gasteiger charge is -2.09. The van der Waals surface area contributed by atoms with Crippen molar-refractivity contribution >= 4 is 27.6 Å². The van der Waals surface area contributed by atoms with Gasteiger partial charge in [0.05, 0.1) is 15.5 Å². The van der Waals surface area contributed by atoms with Crippen LogP contribution in [-0.4, -0.2) is 27.6 Å². The van der Waals surface area contributed by atoms with Crippen LogP contribution in [0.15, 0.2) is 47.4 Å². The van der Waals surface area contributed by atoms with Crippen molar-refractivity contribution in [3.05, 3.63) is 58.6 Å².